The number of nitrogens with one attached hydrogen (secondary N) is 1. The van der Waals surface area contributed by atoms with Crippen LogP contribution in [0, 0.1) is 0 Å². The second kappa shape index (κ2) is 9.22. The average Bonchev–Trinajstić information content (AvgIpc) is 2.85. The number of nitrogens with zero attached hydrogens (tertiary/aromatic N) is 3. The molecule has 3 amide bonds. The molecule has 1 aromatic rings. The normalized spacial score (nSPS) is 21.2. The molecule has 6 nitrogen and oxygen atoms in total. The first kappa shape index (κ1) is 19.7. The van der Waals surface area contributed by atoms with E-state index in [-0.39, 0.29) is 18.0 Å². The predicted molar refractivity (Wildman–Crippen MR) is 109 cm³/mol. The van der Waals surface area contributed by atoms with E-state index in [4.69, 9.17) is 0 Å². The van der Waals surface area contributed by atoms with E-state index < -0.39 is 0 Å². The van der Waals surface area contributed by atoms with E-state index in [1.165, 1.54) is 25.7 Å². The van der Waals surface area contributed by atoms with E-state index in [0.717, 1.165) is 37.4 Å². The Morgan fingerprint density at radius 2 is 1.96 bits per heavy atom. The van der Waals surface area contributed by atoms with Crippen LogP contribution in [0.3, 0.4) is 0 Å². The van der Waals surface area contributed by atoms with Crippen molar-refractivity contribution >= 4 is 23.3 Å². The zero-order valence-electron chi connectivity index (χ0n) is 16.6. The van der Waals surface area contributed by atoms with Crippen molar-refractivity contribution < 1.29 is 9.59 Å². The summed E-state index contributed by atoms with van der Waals surface area (Å²) < 4.78 is 0. The third-order valence-corrected chi connectivity index (χ3v) is 5.66. The lowest BCUT2D eigenvalue weighted by atomic mass is 10.2. The number of rotatable bonds is 5. The number of amides is 3. The Morgan fingerprint density at radius 1 is 1.22 bits per heavy atom. The topological polar surface area (TPSA) is 55.9 Å². The van der Waals surface area contributed by atoms with Crippen molar-refractivity contribution in [3.63, 3.8) is 0 Å². The van der Waals surface area contributed by atoms with Crippen molar-refractivity contribution in [2.24, 2.45) is 0 Å². The summed E-state index contributed by atoms with van der Waals surface area (Å²) in [5.74, 6) is 0.153. The second-order valence-corrected chi connectivity index (χ2v) is 7.81. The quantitative estimate of drug-likeness (QED) is 0.860. The molecular formula is C21H32N4O2. The van der Waals surface area contributed by atoms with Crippen molar-refractivity contribution in [3.8, 4) is 0 Å². The maximum Gasteiger partial charge on any atom is 0.321 e. The van der Waals surface area contributed by atoms with Crippen LogP contribution in [0.1, 0.15) is 45.4 Å². The lowest BCUT2D eigenvalue weighted by Crippen LogP contribution is -2.38. The highest BCUT2D eigenvalue weighted by atomic mass is 16.2. The van der Waals surface area contributed by atoms with Crippen LogP contribution in [-0.4, -0.2) is 61.0 Å². The van der Waals surface area contributed by atoms with Crippen LogP contribution < -0.4 is 10.2 Å². The van der Waals surface area contributed by atoms with Gasteiger partial charge in [-0.1, -0.05) is 18.9 Å². The van der Waals surface area contributed by atoms with Crippen LogP contribution in [0.4, 0.5) is 16.2 Å². The van der Waals surface area contributed by atoms with Gasteiger partial charge in [0.2, 0.25) is 5.91 Å². The SMILES string of the molecule is C[C@H]1CCC(=O)N1c1cccc(NC(=O)N(C)CCN2CCCCCC2)c1. The molecule has 0 aliphatic carbocycles. The first-order valence-corrected chi connectivity index (χ1v) is 10.2. The summed E-state index contributed by atoms with van der Waals surface area (Å²) in [6.45, 7) is 5.97. The summed E-state index contributed by atoms with van der Waals surface area (Å²) in [7, 11) is 1.84. The number of likely N-dealkylation sites (N-methyl/N-ethyl adjacent to an activating group) is 1. The van der Waals surface area contributed by atoms with Crippen molar-refractivity contribution in [1.82, 2.24) is 9.80 Å². The van der Waals surface area contributed by atoms with Crippen LogP contribution in [0.25, 0.3) is 0 Å². The second-order valence-electron chi connectivity index (χ2n) is 7.81. The Balaban J connectivity index is 1.54. The zero-order chi connectivity index (χ0) is 19.2. The van der Waals surface area contributed by atoms with Crippen molar-refractivity contribution in [1.29, 1.82) is 0 Å². The highest BCUT2D eigenvalue weighted by Gasteiger charge is 2.28. The van der Waals surface area contributed by atoms with Crippen LogP contribution in [0.15, 0.2) is 24.3 Å². The first-order chi connectivity index (χ1) is 13.0. The monoisotopic (exact) mass is 372 g/mol. The molecule has 2 fully saturated rings. The molecular weight excluding hydrogens is 340 g/mol. The molecule has 0 saturated carbocycles. The van der Waals surface area contributed by atoms with E-state index in [9.17, 15) is 9.59 Å². The molecule has 0 spiro atoms. The van der Waals surface area contributed by atoms with Gasteiger partial charge in [0.25, 0.3) is 0 Å². The fourth-order valence-corrected chi connectivity index (χ4v) is 3.93. The predicted octanol–water partition coefficient (Wildman–Crippen LogP) is 3.54. The van der Waals surface area contributed by atoms with Gasteiger partial charge in [-0.2, -0.15) is 0 Å². The molecule has 6 heteroatoms. The van der Waals surface area contributed by atoms with Gasteiger partial charge in [0, 0.05) is 44.0 Å². The van der Waals surface area contributed by atoms with Gasteiger partial charge >= 0.3 is 6.03 Å². The highest BCUT2D eigenvalue weighted by molar-refractivity contribution is 5.97. The minimum atomic E-state index is -0.109. The summed E-state index contributed by atoms with van der Waals surface area (Å²) in [5, 5.41) is 2.97. The molecule has 2 aliphatic heterocycles. The maximum atomic E-state index is 12.5. The lowest BCUT2D eigenvalue weighted by Gasteiger charge is -2.25. The molecule has 0 radical (unpaired) electrons. The van der Waals surface area contributed by atoms with Crippen LogP contribution in [-0.2, 0) is 4.79 Å². The Morgan fingerprint density at radius 3 is 2.63 bits per heavy atom. The summed E-state index contributed by atoms with van der Waals surface area (Å²) in [6.07, 6.45) is 6.64. The number of hydrogen-bond acceptors (Lipinski definition) is 3. The molecule has 2 heterocycles. The fourth-order valence-electron chi connectivity index (χ4n) is 3.93. The number of hydrogen-bond donors (Lipinski definition) is 1. The minimum absolute atomic E-state index is 0.109. The molecule has 1 atom stereocenters. The number of likely N-dealkylation sites (tertiary alicyclic amines) is 1. The molecule has 2 saturated heterocycles. The molecule has 3 rings (SSSR count). The third kappa shape index (κ3) is 5.22. The Labute approximate surface area is 162 Å². The summed E-state index contributed by atoms with van der Waals surface area (Å²) in [4.78, 5) is 30.7. The Bertz CT molecular complexity index is 655. The Kier molecular flexibility index (Phi) is 6.72. The van der Waals surface area contributed by atoms with Gasteiger partial charge in [0.1, 0.15) is 0 Å². The Hall–Kier alpha value is -2.08. The van der Waals surface area contributed by atoms with E-state index in [0.29, 0.717) is 13.0 Å². The van der Waals surface area contributed by atoms with Gasteiger partial charge in [-0.15, -0.1) is 0 Å². The zero-order valence-corrected chi connectivity index (χ0v) is 16.6. The first-order valence-electron chi connectivity index (χ1n) is 10.2. The van der Waals surface area contributed by atoms with Gasteiger partial charge in [0.05, 0.1) is 0 Å². The number of benzene rings is 1. The summed E-state index contributed by atoms with van der Waals surface area (Å²) in [5.41, 5.74) is 1.58. The molecule has 27 heavy (non-hydrogen) atoms. The number of anilines is 2. The number of carbonyl (C=O) groups excluding carboxylic acids is 2. The van der Waals surface area contributed by atoms with Crippen molar-refractivity contribution in [3.05, 3.63) is 24.3 Å². The highest BCUT2D eigenvalue weighted by Crippen LogP contribution is 2.28. The summed E-state index contributed by atoms with van der Waals surface area (Å²) in [6, 6.07) is 7.68. The molecule has 1 N–H and O–H groups in total. The number of urea groups is 1. The van der Waals surface area contributed by atoms with Crippen molar-refractivity contribution in [2.75, 3.05) is 43.4 Å². The third-order valence-electron chi connectivity index (χ3n) is 5.66. The van der Waals surface area contributed by atoms with Gasteiger partial charge in [-0.3, -0.25) is 4.79 Å². The van der Waals surface area contributed by atoms with E-state index >= 15 is 0 Å². The largest absolute Gasteiger partial charge is 0.326 e. The minimum Gasteiger partial charge on any atom is -0.326 e. The van der Waals surface area contributed by atoms with Gasteiger partial charge < -0.3 is 20.0 Å². The molecule has 148 valence electrons. The van der Waals surface area contributed by atoms with Crippen LogP contribution in [0.2, 0.25) is 0 Å². The molecule has 1 aromatic carbocycles. The van der Waals surface area contributed by atoms with E-state index in [1.807, 2.05) is 36.2 Å². The molecule has 0 unspecified atom stereocenters. The van der Waals surface area contributed by atoms with Gasteiger partial charge in [-0.25, -0.2) is 4.79 Å². The van der Waals surface area contributed by atoms with E-state index in [2.05, 4.69) is 17.1 Å². The van der Waals surface area contributed by atoms with Crippen LogP contribution in [0.5, 0.6) is 0 Å². The van der Waals surface area contributed by atoms with Gasteiger partial charge in [0.15, 0.2) is 0 Å². The van der Waals surface area contributed by atoms with Gasteiger partial charge in [-0.05, 0) is 57.5 Å². The fraction of sp³-hybridized carbons (Fsp3) is 0.619. The maximum absolute atomic E-state index is 12.5. The van der Waals surface area contributed by atoms with Crippen LogP contribution >= 0.6 is 0 Å². The van der Waals surface area contributed by atoms with Crippen molar-refractivity contribution in [2.45, 2.75) is 51.5 Å². The van der Waals surface area contributed by atoms with E-state index in [1.54, 1.807) is 4.90 Å². The standard InChI is InChI=1S/C21H32N4O2/c1-17-10-11-20(26)25(17)19-9-7-8-18(16-19)22-21(27)23(2)14-15-24-12-5-3-4-6-13-24/h7-9,16-17H,3-6,10-15H2,1-2H3,(H,22,27)/t17-/m0/s1. The summed E-state index contributed by atoms with van der Waals surface area (Å²) >= 11 is 0. The molecule has 0 bridgehead atoms. The lowest BCUT2D eigenvalue weighted by molar-refractivity contribution is -0.117. The molecule has 2 aliphatic rings. The molecule has 0 aromatic heterocycles. The average molecular weight is 373 g/mol. The smallest absolute Gasteiger partial charge is 0.321 e. The number of carbonyl (C=O) groups is 2.